The van der Waals surface area contributed by atoms with Crippen molar-refractivity contribution in [3.05, 3.63) is 95.7 Å². The molecule has 0 heterocycles. The molecule has 128 valence electrons. The zero-order valence-corrected chi connectivity index (χ0v) is 14.9. The molecule has 2 nitrogen and oxygen atoms in total. The van der Waals surface area contributed by atoms with Gasteiger partial charge in [-0.15, -0.1) is 0 Å². The number of allylic oxidation sites excluding steroid dienone is 3. The summed E-state index contributed by atoms with van der Waals surface area (Å²) in [6.07, 6.45) is 8.62. The standard InChI is InChI=1S/C23H25NO/c1-18(2)25-23(24-21-16-10-5-11-17-21)22(19-12-6-3-7-13-19)20-14-8-4-9-15-20/h3-4,6-10,12-18,22H,5,11H2,1-2H3. The molecule has 2 aromatic rings. The molecular formula is C23H25NO. The van der Waals surface area contributed by atoms with Crippen LogP contribution in [0, 0.1) is 0 Å². The molecule has 0 N–H and O–H groups in total. The van der Waals surface area contributed by atoms with Crippen molar-refractivity contribution in [1.29, 1.82) is 0 Å². The van der Waals surface area contributed by atoms with E-state index in [-0.39, 0.29) is 12.0 Å². The maximum atomic E-state index is 6.20. The van der Waals surface area contributed by atoms with Gasteiger partial charge in [0.15, 0.2) is 0 Å². The molecule has 1 aliphatic carbocycles. The van der Waals surface area contributed by atoms with Crippen LogP contribution in [0.25, 0.3) is 0 Å². The maximum Gasteiger partial charge on any atom is 0.201 e. The van der Waals surface area contributed by atoms with Crippen LogP contribution in [0.4, 0.5) is 0 Å². The Morgan fingerprint density at radius 2 is 1.48 bits per heavy atom. The topological polar surface area (TPSA) is 21.6 Å². The lowest BCUT2D eigenvalue weighted by Crippen LogP contribution is -2.21. The minimum Gasteiger partial charge on any atom is -0.477 e. The van der Waals surface area contributed by atoms with Gasteiger partial charge in [-0.25, -0.2) is 4.99 Å². The smallest absolute Gasteiger partial charge is 0.201 e. The first-order valence-corrected chi connectivity index (χ1v) is 8.96. The number of aliphatic imine (C=N–C) groups is 1. The van der Waals surface area contributed by atoms with Gasteiger partial charge in [0, 0.05) is 0 Å². The summed E-state index contributed by atoms with van der Waals surface area (Å²) >= 11 is 0. The number of benzene rings is 2. The molecule has 25 heavy (non-hydrogen) atoms. The van der Waals surface area contributed by atoms with Crippen molar-refractivity contribution in [2.24, 2.45) is 4.99 Å². The molecule has 0 unspecified atom stereocenters. The van der Waals surface area contributed by atoms with Crippen LogP contribution >= 0.6 is 0 Å². The van der Waals surface area contributed by atoms with Crippen LogP contribution in [0.5, 0.6) is 0 Å². The van der Waals surface area contributed by atoms with Crippen LogP contribution in [-0.4, -0.2) is 12.0 Å². The Bertz CT molecular complexity index is 718. The van der Waals surface area contributed by atoms with E-state index in [0.717, 1.165) is 24.4 Å². The predicted molar refractivity (Wildman–Crippen MR) is 105 cm³/mol. The van der Waals surface area contributed by atoms with E-state index in [1.54, 1.807) is 0 Å². The third-order valence-corrected chi connectivity index (χ3v) is 4.08. The molecule has 0 saturated carbocycles. The number of nitrogens with zero attached hydrogens (tertiary/aromatic N) is 1. The molecule has 0 aromatic heterocycles. The second-order valence-corrected chi connectivity index (χ2v) is 6.48. The van der Waals surface area contributed by atoms with Crippen LogP contribution in [-0.2, 0) is 4.74 Å². The van der Waals surface area contributed by atoms with E-state index in [2.05, 4.69) is 66.8 Å². The summed E-state index contributed by atoms with van der Waals surface area (Å²) in [5, 5.41) is 0. The lowest BCUT2D eigenvalue weighted by atomic mass is 9.91. The number of hydrogen-bond acceptors (Lipinski definition) is 2. The highest BCUT2D eigenvalue weighted by Crippen LogP contribution is 2.28. The van der Waals surface area contributed by atoms with Crippen molar-refractivity contribution in [3.8, 4) is 0 Å². The van der Waals surface area contributed by atoms with E-state index in [1.165, 1.54) is 11.1 Å². The van der Waals surface area contributed by atoms with Gasteiger partial charge in [-0.05, 0) is 43.9 Å². The van der Waals surface area contributed by atoms with Crippen molar-refractivity contribution in [1.82, 2.24) is 0 Å². The fraction of sp³-hybridized carbons (Fsp3) is 0.261. The lowest BCUT2D eigenvalue weighted by Gasteiger charge is -2.23. The van der Waals surface area contributed by atoms with E-state index in [9.17, 15) is 0 Å². The van der Waals surface area contributed by atoms with Gasteiger partial charge in [0.2, 0.25) is 5.90 Å². The monoisotopic (exact) mass is 331 g/mol. The fourth-order valence-electron chi connectivity index (χ4n) is 2.98. The van der Waals surface area contributed by atoms with Crippen LogP contribution in [0.1, 0.15) is 43.7 Å². The number of ether oxygens (including phenoxy) is 1. The molecule has 2 aromatic carbocycles. The van der Waals surface area contributed by atoms with Crippen LogP contribution in [0.2, 0.25) is 0 Å². The molecule has 0 aliphatic heterocycles. The van der Waals surface area contributed by atoms with Gasteiger partial charge in [-0.2, -0.15) is 0 Å². The van der Waals surface area contributed by atoms with E-state index >= 15 is 0 Å². The van der Waals surface area contributed by atoms with E-state index in [0.29, 0.717) is 0 Å². The maximum absolute atomic E-state index is 6.20. The second kappa shape index (κ2) is 8.48. The number of hydrogen-bond donors (Lipinski definition) is 0. The molecule has 1 aliphatic rings. The van der Waals surface area contributed by atoms with E-state index in [4.69, 9.17) is 9.73 Å². The molecule has 0 saturated heterocycles. The molecule has 0 atom stereocenters. The van der Waals surface area contributed by atoms with Crippen LogP contribution < -0.4 is 0 Å². The van der Waals surface area contributed by atoms with Gasteiger partial charge in [-0.1, -0.05) is 72.8 Å². The van der Waals surface area contributed by atoms with Crippen molar-refractivity contribution < 1.29 is 4.74 Å². The van der Waals surface area contributed by atoms with Gasteiger partial charge >= 0.3 is 0 Å². The Morgan fingerprint density at radius 3 is 1.96 bits per heavy atom. The van der Waals surface area contributed by atoms with Crippen molar-refractivity contribution >= 4 is 5.90 Å². The van der Waals surface area contributed by atoms with Gasteiger partial charge in [-0.3, -0.25) is 0 Å². The number of rotatable bonds is 5. The normalized spacial score (nSPS) is 14.7. The first-order chi connectivity index (χ1) is 12.2. The van der Waals surface area contributed by atoms with Crippen LogP contribution in [0.3, 0.4) is 0 Å². The molecule has 3 rings (SSSR count). The Labute approximate surface area is 150 Å². The highest BCUT2D eigenvalue weighted by atomic mass is 16.5. The first kappa shape index (κ1) is 17.2. The molecule has 2 heteroatoms. The molecular weight excluding hydrogens is 306 g/mol. The third kappa shape index (κ3) is 4.69. The largest absolute Gasteiger partial charge is 0.477 e. The zero-order chi connectivity index (χ0) is 17.5. The van der Waals surface area contributed by atoms with E-state index in [1.807, 2.05) is 26.0 Å². The van der Waals surface area contributed by atoms with Crippen LogP contribution in [0.15, 0.2) is 89.6 Å². The molecule has 0 fully saturated rings. The molecule has 0 spiro atoms. The molecule has 0 bridgehead atoms. The minimum atomic E-state index is -0.0129. The summed E-state index contributed by atoms with van der Waals surface area (Å²) in [7, 11) is 0. The summed E-state index contributed by atoms with van der Waals surface area (Å²) in [5.74, 6) is 0.742. The Morgan fingerprint density at radius 1 is 0.880 bits per heavy atom. The van der Waals surface area contributed by atoms with Gasteiger partial charge in [0.05, 0.1) is 17.7 Å². The Balaban J connectivity index is 2.08. The quantitative estimate of drug-likeness (QED) is 0.495. The second-order valence-electron chi connectivity index (χ2n) is 6.48. The van der Waals surface area contributed by atoms with Crippen molar-refractivity contribution in [3.63, 3.8) is 0 Å². The van der Waals surface area contributed by atoms with Gasteiger partial charge in [0.25, 0.3) is 0 Å². The predicted octanol–water partition coefficient (Wildman–Crippen LogP) is 5.88. The molecule has 0 amide bonds. The summed E-state index contributed by atoms with van der Waals surface area (Å²) < 4.78 is 6.20. The summed E-state index contributed by atoms with van der Waals surface area (Å²) in [6.45, 7) is 4.10. The Hall–Kier alpha value is -2.61. The Kier molecular flexibility index (Phi) is 5.84. The van der Waals surface area contributed by atoms with Crippen molar-refractivity contribution in [2.75, 3.05) is 0 Å². The summed E-state index contributed by atoms with van der Waals surface area (Å²) in [6, 6.07) is 20.9. The van der Waals surface area contributed by atoms with Gasteiger partial charge in [0.1, 0.15) is 0 Å². The SMILES string of the molecule is CC(C)OC(=NC1=CCCC=C1)C(c1ccccc1)c1ccccc1. The summed E-state index contributed by atoms with van der Waals surface area (Å²) in [4.78, 5) is 4.90. The highest BCUT2D eigenvalue weighted by Gasteiger charge is 2.23. The van der Waals surface area contributed by atoms with Crippen molar-refractivity contribution in [2.45, 2.75) is 38.7 Å². The van der Waals surface area contributed by atoms with E-state index < -0.39 is 0 Å². The van der Waals surface area contributed by atoms with Gasteiger partial charge < -0.3 is 4.74 Å². The minimum absolute atomic E-state index is 0.0129. The lowest BCUT2D eigenvalue weighted by molar-refractivity contribution is 0.220. The average Bonchev–Trinajstić information content (AvgIpc) is 2.64. The first-order valence-electron chi connectivity index (χ1n) is 8.96. The zero-order valence-electron chi connectivity index (χ0n) is 14.9. The molecule has 0 radical (unpaired) electrons. The highest BCUT2D eigenvalue weighted by molar-refractivity contribution is 5.88. The third-order valence-electron chi connectivity index (χ3n) is 4.08. The average molecular weight is 331 g/mol. The summed E-state index contributed by atoms with van der Waals surface area (Å²) in [5.41, 5.74) is 3.36. The fourth-order valence-corrected chi connectivity index (χ4v) is 2.98.